The highest BCUT2D eigenvalue weighted by molar-refractivity contribution is 7.20. The third kappa shape index (κ3) is 6.44. The van der Waals surface area contributed by atoms with Crippen molar-refractivity contribution in [3.63, 3.8) is 0 Å². The Balaban J connectivity index is 1.48. The van der Waals surface area contributed by atoms with E-state index in [0.29, 0.717) is 30.2 Å². The Kier molecular flexibility index (Phi) is 8.07. The average molecular weight is 461 g/mol. The van der Waals surface area contributed by atoms with Gasteiger partial charge in [0, 0.05) is 4.88 Å². The number of urea groups is 1. The molecular formula is C22H28N4O5S. The van der Waals surface area contributed by atoms with Gasteiger partial charge in [0.05, 0.1) is 12.2 Å². The highest BCUT2D eigenvalue weighted by Gasteiger charge is 2.23. The molecule has 0 unspecified atom stereocenters. The van der Waals surface area contributed by atoms with Crippen LogP contribution in [0.2, 0.25) is 0 Å². The molecule has 0 radical (unpaired) electrons. The van der Waals surface area contributed by atoms with Crippen LogP contribution in [-0.4, -0.2) is 36.7 Å². The van der Waals surface area contributed by atoms with Crippen molar-refractivity contribution in [2.24, 2.45) is 17.2 Å². The van der Waals surface area contributed by atoms with E-state index in [1.165, 1.54) is 11.3 Å². The minimum Gasteiger partial charge on any atom is -0.494 e. The zero-order chi connectivity index (χ0) is 23.1. The molecular weight excluding hydrogens is 432 g/mol. The maximum atomic E-state index is 12.0. The summed E-state index contributed by atoms with van der Waals surface area (Å²) in [6.45, 7) is 0.418. The Morgan fingerprint density at radius 2 is 1.81 bits per heavy atom. The highest BCUT2D eigenvalue weighted by atomic mass is 32.1. The summed E-state index contributed by atoms with van der Waals surface area (Å²) in [7, 11) is 0. The number of hydrogen-bond acceptors (Lipinski definition) is 7. The van der Waals surface area contributed by atoms with Gasteiger partial charge in [0.2, 0.25) is 0 Å². The fourth-order valence-corrected chi connectivity index (χ4v) is 4.58. The van der Waals surface area contributed by atoms with Gasteiger partial charge in [-0.25, -0.2) is 4.79 Å². The number of nitrogens with one attached hydrogen (secondary N) is 1. The van der Waals surface area contributed by atoms with E-state index in [4.69, 9.17) is 26.7 Å². The van der Waals surface area contributed by atoms with Crippen molar-refractivity contribution >= 4 is 34.2 Å². The summed E-state index contributed by atoms with van der Waals surface area (Å²) >= 11 is 1.20. The Morgan fingerprint density at radius 3 is 2.44 bits per heavy atom. The lowest BCUT2D eigenvalue weighted by atomic mass is 10.1. The molecule has 1 saturated carbocycles. The molecule has 172 valence electrons. The van der Waals surface area contributed by atoms with E-state index in [-0.39, 0.29) is 17.6 Å². The largest absolute Gasteiger partial charge is 0.494 e. The minimum atomic E-state index is -0.767. The molecule has 3 rings (SSSR count). The van der Waals surface area contributed by atoms with Crippen LogP contribution in [-0.2, 0) is 9.53 Å². The van der Waals surface area contributed by atoms with Crippen molar-refractivity contribution in [1.82, 2.24) is 0 Å². The normalized spacial score (nSPS) is 14.7. The monoisotopic (exact) mass is 460 g/mol. The number of thiophene rings is 1. The molecule has 3 amide bonds. The number of anilines is 1. The lowest BCUT2D eigenvalue weighted by Crippen LogP contribution is -2.34. The molecule has 32 heavy (non-hydrogen) atoms. The van der Waals surface area contributed by atoms with Crippen molar-refractivity contribution < 1.29 is 23.9 Å². The lowest BCUT2D eigenvalue weighted by molar-refractivity contribution is -0.150. The first kappa shape index (κ1) is 23.6. The van der Waals surface area contributed by atoms with Gasteiger partial charge in [0.25, 0.3) is 5.91 Å². The first-order chi connectivity index (χ1) is 15.3. The van der Waals surface area contributed by atoms with Crippen molar-refractivity contribution in [2.45, 2.75) is 50.7 Å². The topological polar surface area (TPSA) is 160 Å². The number of primary amides is 2. The van der Waals surface area contributed by atoms with Crippen molar-refractivity contribution in [2.75, 3.05) is 11.9 Å². The molecule has 0 aliphatic heterocycles. The number of carbonyl (C=O) groups excluding carboxylic acids is 3. The number of rotatable bonds is 10. The summed E-state index contributed by atoms with van der Waals surface area (Å²) in [5.74, 6) is -0.322. The fourth-order valence-electron chi connectivity index (χ4n) is 3.51. The van der Waals surface area contributed by atoms with Gasteiger partial charge in [-0.3, -0.25) is 14.9 Å². The molecule has 1 aliphatic rings. The number of carbonyl (C=O) groups is 3. The molecule has 1 aliphatic carbocycles. The number of amides is 3. The van der Waals surface area contributed by atoms with Crippen LogP contribution in [0.3, 0.4) is 0 Å². The van der Waals surface area contributed by atoms with E-state index >= 15 is 0 Å². The molecule has 10 heteroatoms. The molecule has 0 bridgehead atoms. The molecule has 1 heterocycles. The Bertz CT molecular complexity index is 954. The number of hydrogen-bond donors (Lipinski definition) is 4. The third-order valence-corrected chi connectivity index (χ3v) is 6.29. The van der Waals surface area contributed by atoms with Gasteiger partial charge in [0.15, 0.2) is 0 Å². The van der Waals surface area contributed by atoms with Gasteiger partial charge in [-0.2, -0.15) is 0 Å². The second-order valence-corrected chi connectivity index (χ2v) is 8.72. The summed E-state index contributed by atoms with van der Waals surface area (Å²) < 4.78 is 11.2. The zero-order valence-electron chi connectivity index (χ0n) is 17.7. The van der Waals surface area contributed by atoms with Crippen LogP contribution in [0.4, 0.5) is 9.80 Å². The fraction of sp³-hybridized carbons (Fsp3) is 0.409. The quantitative estimate of drug-likeness (QED) is 0.315. The lowest BCUT2D eigenvalue weighted by Gasteiger charge is -2.16. The molecule has 0 spiro atoms. The number of ether oxygens (including phenoxy) is 2. The van der Waals surface area contributed by atoms with Gasteiger partial charge < -0.3 is 26.7 Å². The van der Waals surface area contributed by atoms with Crippen LogP contribution in [0.1, 0.15) is 48.9 Å². The van der Waals surface area contributed by atoms with Gasteiger partial charge in [-0.05, 0) is 74.4 Å². The van der Waals surface area contributed by atoms with Gasteiger partial charge in [0.1, 0.15) is 22.9 Å². The smallest absolute Gasteiger partial charge is 0.323 e. The molecule has 0 saturated heterocycles. The van der Waals surface area contributed by atoms with Crippen LogP contribution in [0.5, 0.6) is 5.75 Å². The summed E-state index contributed by atoms with van der Waals surface area (Å²) in [5, 5.41) is 2.72. The van der Waals surface area contributed by atoms with Gasteiger partial charge in [-0.1, -0.05) is 0 Å². The van der Waals surface area contributed by atoms with Crippen LogP contribution in [0.15, 0.2) is 30.3 Å². The Morgan fingerprint density at radius 1 is 1.12 bits per heavy atom. The van der Waals surface area contributed by atoms with Crippen LogP contribution in [0.25, 0.3) is 10.4 Å². The van der Waals surface area contributed by atoms with Crippen LogP contribution >= 0.6 is 11.3 Å². The Hall–Kier alpha value is -3.11. The molecule has 1 aromatic heterocycles. The Labute approximate surface area is 190 Å². The summed E-state index contributed by atoms with van der Waals surface area (Å²) in [5.41, 5.74) is 17.5. The molecule has 1 fully saturated rings. The third-order valence-electron chi connectivity index (χ3n) is 5.19. The van der Waals surface area contributed by atoms with Crippen LogP contribution in [0, 0.1) is 0 Å². The predicted octanol–water partition coefficient (Wildman–Crippen LogP) is 2.98. The van der Waals surface area contributed by atoms with E-state index in [1.54, 1.807) is 18.2 Å². The highest BCUT2D eigenvalue weighted by Crippen LogP contribution is 2.36. The molecule has 7 N–H and O–H groups in total. The average Bonchev–Trinajstić information content (AvgIpc) is 3.41. The predicted molar refractivity (Wildman–Crippen MR) is 123 cm³/mol. The van der Waals surface area contributed by atoms with Crippen molar-refractivity contribution in [3.8, 4) is 16.2 Å². The maximum absolute atomic E-state index is 12.0. The zero-order valence-corrected chi connectivity index (χ0v) is 18.5. The molecule has 1 aromatic carbocycles. The second kappa shape index (κ2) is 11.0. The molecule has 1 atom stereocenters. The summed E-state index contributed by atoms with van der Waals surface area (Å²) in [6, 6.07) is 7.48. The van der Waals surface area contributed by atoms with E-state index in [1.807, 2.05) is 12.1 Å². The van der Waals surface area contributed by atoms with Crippen LogP contribution < -0.4 is 27.3 Å². The first-order valence-electron chi connectivity index (χ1n) is 10.5. The van der Waals surface area contributed by atoms with E-state index in [0.717, 1.165) is 36.1 Å². The van der Waals surface area contributed by atoms with E-state index < -0.39 is 18.0 Å². The summed E-state index contributed by atoms with van der Waals surface area (Å²) in [6.07, 6.45) is 5.19. The van der Waals surface area contributed by atoms with Gasteiger partial charge in [-0.15, -0.1) is 11.3 Å². The number of esters is 1. The van der Waals surface area contributed by atoms with Crippen molar-refractivity contribution in [3.05, 3.63) is 35.9 Å². The number of nitrogens with two attached hydrogens (primary N) is 3. The van der Waals surface area contributed by atoms with E-state index in [2.05, 4.69) is 5.32 Å². The number of benzene rings is 1. The van der Waals surface area contributed by atoms with Crippen molar-refractivity contribution in [1.29, 1.82) is 0 Å². The molecule has 2 aromatic rings. The van der Waals surface area contributed by atoms with Gasteiger partial charge >= 0.3 is 12.0 Å². The minimum absolute atomic E-state index is 0.0216. The molecule has 9 nitrogen and oxygen atoms in total. The second-order valence-electron chi connectivity index (χ2n) is 7.67. The standard InChI is InChI=1S/C22H28N4O5S/c23-17(21(28)31-15-4-1-2-5-15)6-3-11-30-14-9-7-13(8-10-14)18-12-16(19(24)27)20(32-18)26-22(25)29/h7-10,12,15,17H,1-6,11,23H2,(H2,24,27)(H3,25,26,29)/t17-/m0/s1. The first-order valence-corrected chi connectivity index (χ1v) is 11.3. The SMILES string of the molecule is NC(=O)Nc1sc(-c2ccc(OCCC[C@H](N)C(=O)OC3CCCC3)cc2)cc1C(N)=O. The maximum Gasteiger partial charge on any atom is 0.323 e. The summed E-state index contributed by atoms with van der Waals surface area (Å²) in [4.78, 5) is 35.5. The van der Waals surface area contributed by atoms with E-state index in [9.17, 15) is 14.4 Å².